The third-order valence-corrected chi connectivity index (χ3v) is 3.70. The van der Waals surface area contributed by atoms with Gasteiger partial charge >= 0.3 is 0 Å². The van der Waals surface area contributed by atoms with Crippen LogP contribution in [0.1, 0.15) is 31.2 Å². The van der Waals surface area contributed by atoms with Gasteiger partial charge in [-0.1, -0.05) is 22.0 Å². The quantitative estimate of drug-likeness (QED) is 0.901. The zero-order chi connectivity index (χ0) is 13.7. The van der Waals surface area contributed by atoms with Crippen LogP contribution >= 0.6 is 15.9 Å². The predicted octanol–water partition coefficient (Wildman–Crippen LogP) is 3.16. The van der Waals surface area contributed by atoms with Gasteiger partial charge < -0.3 is 10.1 Å². The van der Waals surface area contributed by atoms with Crippen molar-refractivity contribution in [1.29, 1.82) is 0 Å². The molecule has 0 saturated carbocycles. The van der Waals surface area contributed by atoms with E-state index in [-0.39, 0.29) is 24.4 Å². The molecule has 3 nitrogen and oxygen atoms in total. The van der Waals surface area contributed by atoms with Gasteiger partial charge in [-0.3, -0.25) is 4.79 Å². The molecule has 0 aliphatic carbocycles. The van der Waals surface area contributed by atoms with Gasteiger partial charge in [-0.15, -0.1) is 0 Å². The third-order valence-electron chi connectivity index (χ3n) is 3.21. The summed E-state index contributed by atoms with van der Waals surface area (Å²) < 4.78 is 19.7. The van der Waals surface area contributed by atoms with Crippen molar-refractivity contribution in [2.45, 2.75) is 38.3 Å². The molecule has 1 N–H and O–H groups in total. The van der Waals surface area contributed by atoms with Gasteiger partial charge in [0.05, 0.1) is 6.10 Å². The highest BCUT2D eigenvalue weighted by Crippen LogP contribution is 2.17. The van der Waals surface area contributed by atoms with Crippen LogP contribution in [0.2, 0.25) is 0 Å². The summed E-state index contributed by atoms with van der Waals surface area (Å²) in [5.41, 5.74) is 0.494. The molecule has 0 unspecified atom stereocenters. The molecule has 0 spiro atoms. The number of ether oxygens (including phenoxy) is 1. The molecule has 2 rings (SSSR count). The first kappa shape index (κ1) is 14.5. The number of hydrogen-bond donors (Lipinski definition) is 1. The normalized spacial score (nSPS) is 18.5. The highest BCUT2D eigenvalue weighted by molar-refractivity contribution is 9.10. The standard InChI is InChI=1S/C14H17BrFNO2/c15-11-4-3-10(13(16)8-11)9-17-14(18)6-5-12-2-1-7-19-12/h3-4,8,12H,1-2,5-7,9H2,(H,17,18)/t12-/m0/s1. The zero-order valence-corrected chi connectivity index (χ0v) is 12.2. The van der Waals surface area contributed by atoms with Gasteiger partial charge in [0.1, 0.15) is 5.82 Å². The van der Waals surface area contributed by atoms with Crippen molar-refractivity contribution in [2.24, 2.45) is 0 Å². The van der Waals surface area contributed by atoms with Crippen molar-refractivity contribution in [2.75, 3.05) is 6.61 Å². The monoisotopic (exact) mass is 329 g/mol. The molecule has 1 fully saturated rings. The fourth-order valence-corrected chi connectivity index (χ4v) is 2.44. The number of halogens is 2. The Labute approximate surface area is 120 Å². The number of benzene rings is 1. The lowest BCUT2D eigenvalue weighted by molar-refractivity contribution is -0.121. The summed E-state index contributed by atoms with van der Waals surface area (Å²) in [5.74, 6) is -0.369. The average Bonchev–Trinajstić information content (AvgIpc) is 2.88. The van der Waals surface area contributed by atoms with E-state index in [1.54, 1.807) is 12.1 Å². The van der Waals surface area contributed by atoms with E-state index in [4.69, 9.17) is 4.74 Å². The SMILES string of the molecule is O=C(CC[C@@H]1CCCO1)NCc1ccc(Br)cc1F. The maximum Gasteiger partial charge on any atom is 0.220 e. The lowest BCUT2D eigenvalue weighted by atomic mass is 10.1. The highest BCUT2D eigenvalue weighted by atomic mass is 79.9. The van der Waals surface area contributed by atoms with Crippen molar-refractivity contribution < 1.29 is 13.9 Å². The van der Waals surface area contributed by atoms with Crippen molar-refractivity contribution in [3.05, 3.63) is 34.1 Å². The van der Waals surface area contributed by atoms with Crippen molar-refractivity contribution in [3.8, 4) is 0 Å². The molecule has 104 valence electrons. The molecule has 1 saturated heterocycles. The Morgan fingerprint density at radius 3 is 3.05 bits per heavy atom. The number of nitrogens with one attached hydrogen (secondary N) is 1. The summed E-state index contributed by atoms with van der Waals surface area (Å²) in [6.45, 7) is 1.03. The van der Waals surface area contributed by atoms with Crippen molar-refractivity contribution >= 4 is 21.8 Å². The summed E-state index contributed by atoms with van der Waals surface area (Å²) in [4.78, 5) is 11.7. The first-order valence-electron chi connectivity index (χ1n) is 6.47. The Kier molecular flexibility index (Phi) is 5.34. The molecule has 19 heavy (non-hydrogen) atoms. The van der Waals surface area contributed by atoms with Gasteiger partial charge in [0.15, 0.2) is 0 Å². The molecular weight excluding hydrogens is 313 g/mol. The van der Waals surface area contributed by atoms with Gasteiger partial charge in [0, 0.05) is 29.6 Å². The van der Waals surface area contributed by atoms with Gasteiger partial charge in [-0.25, -0.2) is 4.39 Å². The predicted molar refractivity (Wildman–Crippen MR) is 74.2 cm³/mol. The minimum absolute atomic E-state index is 0.0576. The molecule has 1 atom stereocenters. The summed E-state index contributed by atoms with van der Waals surface area (Å²) in [6, 6.07) is 4.82. The first-order chi connectivity index (χ1) is 9.15. The molecule has 1 aliphatic rings. The first-order valence-corrected chi connectivity index (χ1v) is 7.26. The van der Waals surface area contributed by atoms with E-state index in [1.807, 2.05) is 0 Å². The van der Waals surface area contributed by atoms with Crippen molar-refractivity contribution in [1.82, 2.24) is 5.32 Å². The Morgan fingerprint density at radius 1 is 1.53 bits per heavy atom. The van der Waals surface area contributed by atoms with Crippen LogP contribution in [0.5, 0.6) is 0 Å². The molecular formula is C14H17BrFNO2. The van der Waals surface area contributed by atoms with Crippen LogP contribution in [0.15, 0.2) is 22.7 Å². The molecule has 1 amide bonds. The molecule has 0 bridgehead atoms. The fraction of sp³-hybridized carbons (Fsp3) is 0.500. The van der Waals surface area contributed by atoms with Crippen LogP contribution in [-0.4, -0.2) is 18.6 Å². The molecule has 0 radical (unpaired) electrons. The van der Waals surface area contributed by atoms with Crippen LogP contribution in [0.25, 0.3) is 0 Å². The molecule has 1 aromatic rings. The highest BCUT2D eigenvalue weighted by Gasteiger charge is 2.16. The second-order valence-electron chi connectivity index (χ2n) is 4.69. The van der Waals surface area contributed by atoms with E-state index in [0.717, 1.165) is 25.9 Å². The second-order valence-corrected chi connectivity index (χ2v) is 5.60. The van der Waals surface area contributed by atoms with Crippen LogP contribution in [0, 0.1) is 5.82 Å². The summed E-state index contributed by atoms with van der Waals surface area (Å²) >= 11 is 3.20. The molecule has 1 heterocycles. The van der Waals surface area contributed by atoms with E-state index in [1.165, 1.54) is 6.07 Å². The van der Waals surface area contributed by atoms with Crippen molar-refractivity contribution in [3.63, 3.8) is 0 Å². The maximum atomic E-state index is 13.5. The summed E-state index contributed by atoms with van der Waals surface area (Å²) in [6.07, 6.45) is 3.51. The molecule has 1 aromatic carbocycles. The Hall–Kier alpha value is -0.940. The number of carbonyl (C=O) groups is 1. The van der Waals surface area contributed by atoms with Crippen LogP contribution in [0.4, 0.5) is 4.39 Å². The molecule has 5 heteroatoms. The van der Waals surface area contributed by atoms with E-state index in [2.05, 4.69) is 21.2 Å². The maximum absolute atomic E-state index is 13.5. The topological polar surface area (TPSA) is 38.3 Å². The fourth-order valence-electron chi connectivity index (χ4n) is 2.11. The zero-order valence-electron chi connectivity index (χ0n) is 10.6. The lowest BCUT2D eigenvalue weighted by Gasteiger charge is -2.10. The average molecular weight is 330 g/mol. The van der Waals surface area contributed by atoms with Crippen LogP contribution in [-0.2, 0) is 16.1 Å². The van der Waals surface area contributed by atoms with Gasteiger partial charge in [-0.05, 0) is 31.4 Å². The molecule has 1 aliphatic heterocycles. The van der Waals surface area contributed by atoms with Crippen LogP contribution < -0.4 is 5.32 Å². The largest absolute Gasteiger partial charge is 0.378 e. The van der Waals surface area contributed by atoms with E-state index in [0.29, 0.717) is 16.5 Å². The molecule has 0 aromatic heterocycles. The summed E-state index contributed by atoms with van der Waals surface area (Å²) in [5, 5.41) is 2.73. The van der Waals surface area contributed by atoms with E-state index < -0.39 is 0 Å². The van der Waals surface area contributed by atoms with Gasteiger partial charge in [-0.2, -0.15) is 0 Å². The minimum atomic E-state index is -0.311. The lowest BCUT2D eigenvalue weighted by Crippen LogP contribution is -2.24. The Bertz CT molecular complexity index is 447. The van der Waals surface area contributed by atoms with E-state index >= 15 is 0 Å². The Balaban J connectivity index is 1.73. The second kappa shape index (κ2) is 7.01. The van der Waals surface area contributed by atoms with Gasteiger partial charge in [0.25, 0.3) is 0 Å². The van der Waals surface area contributed by atoms with Gasteiger partial charge in [0.2, 0.25) is 5.91 Å². The number of rotatable bonds is 5. The Morgan fingerprint density at radius 2 is 2.37 bits per heavy atom. The number of hydrogen-bond acceptors (Lipinski definition) is 2. The smallest absolute Gasteiger partial charge is 0.220 e. The summed E-state index contributed by atoms with van der Waals surface area (Å²) in [7, 11) is 0. The number of amides is 1. The van der Waals surface area contributed by atoms with E-state index in [9.17, 15) is 9.18 Å². The third kappa shape index (κ3) is 4.58. The minimum Gasteiger partial charge on any atom is -0.378 e. The number of carbonyl (C=O) groups excluding carboxylic acids is 1. The van der Waals surface area contributed by atoms with Crippen LogP contribution in [0.3, 0.4) is 0 Å².